The number of thioether (sulfide) groups is 1. The van der Waals surface area contributed by atoms with E-state index in [0.29, 0.717) is 18.4 Å². The topological polar surface area (TPSA) is 81.4 Å². The molecule has 32 heavy (non-hydrogen) atoms. The van der Waals surface area contributed by atoms with Gasteiger partial charge in [-0.2, -0.15) is 0 Å². The first-order valence-corrected chi connectivity index (χ1v) is 12.5. The van der Waals surface area contributed by atoms with Gasteiger partial charge in [0.05, 0.1) is 18.0 Å². The minimum Gasteiger partial charge on any atom is -0.441 e. The molecule has 1 aromatic heterocycles. The lowest BCUT2D eigenvalue weighted by Gasteiger charge is -2.29. The molecule has 0 bridgehead atoms. The number of benzene rings is 1. The van der Waals surface area contributed by atoms with Gasteiger partial charge in [0.1, 0.15) is 11.5 Å². The first-order valence-electron chi connectivity index (χ1n) is 11.6. The average molecular weight is 457 g/mol. The van der Waals surface area contributed by atoms with Crippen LogP contribution < -0.4 is 5.32 Å². The Hall–Kier alpha value is -2.12. The molecule has 1 saturated carbocycles. The Morgan fingerprint density at radius 3 is 2.66 bits per heavy atom. The molecule has 2 amide bonds. The van der Waals surface area contributed by atoms with Crippen molar-refractivity contribution >= 4 is 22.9 Å². The summed E-state index contributed by atoms with van der Waals surface area (Å²) < 4.78 is 12.4. The second kappa shape index (κ2) is 10.2. The van der Waals surface area contributed by atoms with E-state index in [0.717, 1.165) is 67.3 Å². The maximum Gasteiger partial charge on any atom is 0.286 e. The molecule has 2 aliphatic rings. The van der Waals surface area contributed by atoms with E-state index >= 15 is 0 Å². The first-order chi connectivity index (χ1) is 15.4. The molecular formula is C25H32N2O4S. The van der Waals surface area contributed by atoms with Gasteiger partial charge in [-0.15, -0.1) is 0 Å². The number of nitrogens with zero attached hydrogens (tertiary/aromatic N) is 1. The largest absolute Gasteiger partial charge is 0.441 e. The molecule has 1 saturated heterocycles. The zero-order valence-electron chi connectivity index (χ0n) is 19.1. The monoisotopic (exact) mass is 456 g/mol. The molecule has 1 unspecified atom stereocenters. The minimum atomic E-state index is -0.229. The summed E-state index contributed by atoms with van der Waals surface area (Å²) >= 11 is 1.13. The van der Waals surface area contributed by atoms with Crippen LogP contribution in [0.4, 0.5) is 4.79 Å². The zero-order valence-corrected chi connectivity index (χ0v) is 19.9. The third-order valence-electron chi connectivity index (χ3n) is 6.35. The molecule has 7 heteroatoms. The third-order valence-corrected chi connectivity index (χ3v) is 7.40. The van der Waals surface area contributed by atoms with Crippen molar-refractivity contribution in [2.24, 2.45) is 5.92 Å². The van der Waals surface area contributed by atoms with Crippen molar-refractivity contribution in [2.75, 3.05) is 0 Å². The van der Waals surface area contributed by atoms with Gasteiger partial charge in [-0.05, 0) is 50.7 Å². The van der Waals surface area contributed by atoms with Crippen molar-refractivity contribution in [3.8, 4) is 11.5 Å². The Labute approximate surface area is 193 Å². The fraction of sp³-hybridized carbons (Fsp3) is 0.560. The summed E-state index contributed by atoms with van der Waals surface area (Å²) in [5, 5.41) is 1.93. The lowest BCUT2D eigenvalue weighted by molar-refractivity contribution is -0.119. The summed E-state index contributed by atoms with van der Waals surface area (Å²) in [6.07, 6.45) is 6.23. The number of hydrogen-bond donors (Lipinski definition) is 1. The van der Waals surface area contributed by atoms with Gasteiger partial charge < -0.3 is 9.15 Å². The Morgan fingerprint density at radius 2 is 1.97 bits per heavy atom. The second-order valence-electron chi connectivity index (χ2n) is 9.28. The Bertz CT molecular complexity index is 953. The number of ether oxygens (including phenoxy) is 1. The van der Waals surface area contributed by atoms with E-state index in [9.17, 15) is 9.59 Å². The number of carbonyl (C=O) groups is 2. The van der Waals surface area contributed by atoms with Crippen molar-refractivity contribution in [3.63, 3.8) is 0 Å². The number of carbonyl (C=O) groups excluding carboxylic acids is 2. The highest BCUT2D eigenvalue weighted by molar-refractivity contribution is 8.15. The van der Waals surface area contributed by atoms with Crippen LogP contribution in [0.25, 0.3) is 11.5 Å². The number of aromatic nitrogens is 1. The van der Waals surface area contributed by atoms with Crippen LogP contribution in [0.3, 0.4) is 0 Å². The van der Waals surface area contributed by atoms with Crippen molar-refractivity contribution < 1.29 is 18.7 Å². The molecule has 172 valence electrons. The molecule has 3 atom stereocenters. The standard InChI is InChI=1S/C25H32N2O4S/c1-15(2)22-20(26-24(31-22)18-10-7-16(3)8-11-18)14-30-19-6-4-5-17(13-19)9-12-21-23(28)27-25(29)32-21/h7-8,10-11,15,17,19,21H,4-6,9,12-14H2,1-3H3,(H,27,28,29)/t17-,19-,21?/m1/s1. The normalized spacial score (nSPS) is 23.7. The van der Waals surface area contributed by atoms with Gasteiger partial charge in [0.25, 0.3) is 5.24 Å². The van der Waals surface area contributed by atoms with Gasteiger partial charge in [-0.1, -0.05) is 56.1 Å². The van der Waals surface area contributed by atoms with E-state index in [1.54, 1.807) is 0 Å². The van der Waals surface area contributed by atoms with Gasteiger partial charge in [0.15, 0.2) is 0 Å². The third kappa shape index (κ3) is 5.62. The molecule has 6 nitrogen and oxygen atoms in total. The van der Waals surface area contributed by atoms with Gasteiger partial charge in [-0.25, -0.2) is 4.98 Å². The summed E-state index contributed by atoms with van der Waals surface area (Å²) in [6.45, 7) is 6.75. The minimum absolute atomic E-state index is 0.139. The van der Waals surface area contributed by atoms with E-state index in [4.69, 9.17) is 14.1 Å². The molecule has 1 aromatic carbocycles. The number of amides is 2. The van der Waals surface area contributed by atoms with Gasteiger partial charge >= 0.3 is 0 Å². The fourth-order valence-electron chi connectivity index (χ4n) is 4.56. The summed E-state index contributed by atoms with van der Waals surface area (Å²) in [6, 6.07) is 8.21. The second-order valence-corrected chi connectivity index (χ2v) is 10.5. The molecule has 2 fully saturated rings. The van der Waals surface area contributed by atoms with E-state index in [1.807, 2.05) is 12.1 Å². The number of imide groups is 1. The number of oxazole rings is 1. The average Bonchev–Trinajstić information content (AvgIpc) is 3.34. The van der Waals surface area contributed by atoms with E-state index in [2.05, 4.69) is 38.2 Å². The van der Waals surface area contributed by atoms with Crippen LogP contribution >= 0.6 is 11.8 Å². The Kier molecular flexibility index (Phi) is 7.36. The number of rotatable bonds is 8. The molecular weight excluding hydrogens is 424 g/mol. The van der Waals surface area contributed by atoms with Crippen LogP contribution in [0.2, 0.25) is 0 Å². The van der Waals surface area contributed by atoms with Crippen molar-refractivity contribution in [2.45, 2.75) is 83.2 Å². The Balaban J connectivity index is 1.34. The molecule has 2 heterocycles. The van der Waals surface area contributed by atoms with Crippen LogP contribution in [0, 0.1) is 12.8 Å². The molecule has 1 N–H and O–H groups in total. The lowest BCUT2D eigenvalue weighted by atomic mass is 9.84. The van der Waals surface area contributed by atoms with E-state index in [-0.39, 0.29) is 28.4 Å². The predicted octanol–water partition coefficient (Wildman–Crippen LogP) is 5.98. The van der Waals surface area contributed by atoms with Gasteiger partial charge in [-0.3, -0.25) is 14.9 Å². The maximum atomic E-state index is 11.8. The molecule has 1 aliphatic heterocycles. The van der Waals surface area contributed by atoms with Crippen LogP contribution in [0.5, 0.6) is 0 Å². The molecule has 2 aromatic rings. The summed E-state index contributed by atoms with van der Waals surface area (Å²) in [7, 11) is 0. The van der Waals surface area contributed by atoms with Gasteiger partial charge in [0.2, 0.25) is 11.8 Å². The highest BCUT2D eigenvalue weighted by atomic mass is 32.2. The van der Waals surface area contributed by atoms with Crippen LogP contribution in [-0.2, 0) is 16.1 Å². The molecule has 1 aliphatic carbocycles. The first kappa shape index (κ1) is 23.1. The van der Waals surface area contributed by atoms with Crippen molar-refractivity contribution in [3.05, 3.63) is 41.3 Å². The summed E-state index contributed by atoms with van der Waals surface area (Å²) in [5.74, 6) is 2.16. The highest BCUT2D eigenvalue weighted by Crippen LogP contribution is 2.34. The lowest BCUT2D eigenvalue weighted by Crippen LogP contribution is -2.26. The number of aryl methyl sites for hydroxylation is 1. The number of nitrogens with one attached hydrogen (secondary N) is 1. The Morgan fingerprint density at radius 1 is 1.19 bits per heavy atom. The zero-order chi connectivity index (χ0) is 22.7. The maximum absolute atomic E-state index is 11.8. The fourth-order valence-corrected chi connectivity index (χ4v) is 5.40. The van der Waals surface area contributed by atoms with Crippen LogP contribution in [0.1, 0.15) is 75.3 Å². The van der Waals surface area contributed by atoms with Crippen molar-refractivity contribution in [1.82, 2.24) is 10.3 Å². The summed E-state index contributed by atoms with van der Waals surface area (Å²) in [5.41, 5.74) is 3.07. The van der Waals surface area contributed by atoms with Crippen LogP contribution in [-0.4, -0.2) is 27.5 Å². The molecule has 4 rings (SSSR count). The molecule has 0 spiro atoms. The smallest absolute Gasteiger partial charge is 0.286 e. The van der Waals surface area contributed by atoms with Crippen molar-refractivity contribution in [1.29, 1.82) is 0 Å². The van der Waals surface area contributed by atoms with E-state index in [1.165, 1.54) is 5.56 Å². The highest BCUT2D eigenvalue weighted by Gasteiger charge is 2.32. The quantitative estimate of drug-likeness (QED) is 0.526. The number of hydrogen-bond acceptors (Lipinski definition) is 6. The van der Waals surface area contributed by atoms with E-state index < -0.39 is 0 Å². The molecule has 0 radical (unpaired) electrons. The van der Waals surface area contributed by atoms with Gasteiger partial charge in [0, 0.05) is 11.5 Å². The van der Waals surface area contributed by atoms with Crippen LogP contribution in [0.15, 0.2) is 28.7 Å². The SMILES string of the molecule is Cc1ccc(-c2nc(CO[C@@H]3CCC[C@H](CCC4SC(=O)NC4=O)C3)c(C(C)C)o2)cc1. The predicted molar refractivity (Wildman–Crippen MR) is 125 cm³/mol. The summed E-state index contributed by atoms with van der Waals surface area (Å²) in [4.78, 5) is 27.9.